The highest BCUT2D eigenvalue weighted by Crippen LogP contribution is 2.29. The van der Waals surface area contributed by atoms with E-state index in [-0.39, 0.29) is 34.7 Å². The molecule has 32 heavy (non-hydrogen) atoms. The third-order valence-corrected chi connectivity index (χ3v) is 5.13. The number of hydrogen-bond acceptors (Lipinski definition) is 6. The first-order chi connectivity index (χ1) is 15.2. The monoisotopic (exact) mass is 459 g/mol. The van der Waals surface area contributed by atoms with Crippen LogP contribution in [0.15, 0.2) is 36.7 Å². The van der Waals surface area contributed by atoms with Crippen LogP contribution in [0.5, 0.6) is 5.75 Å². The van der Waals surface area contributed by atoms with E-state index >= 15 is 0 Å². The van der Waals surface area contributed by atoms with Gasteiger partial charge in [0, 0.05) is 18.7 Å². The fraction of sp³-hybridized carbons (Fsp3) is 0.190. The van der Waals surface area contributed by atoms with Gasteiger partial charge in [-0.2, -0.15) is 0 Å². The Hall–Kier alpha value is -3.66. The number of likely N-dealkylation sites (N-methyl/N-ethyl adjacent to an activating group) is 1. The number of halogens is 3. The van der Waals surface area contributed by atoms with Crippen LogP contribution in [0.4, 0.5) is 14.6 Å². The number of carbonyl (C=O) groups is 2. The van der Waals surface area contributed by atoms with Crippen LogP contribution in [0.25, 0.3) is 11.3 Å². The molecule has 0 bridgehead atoms. The van der Waals surface area contributed by atoms with Gasteiger partial charge in [-0.3, -0.25) is 14.5 Å². The second-order valence-electron chi connectivity index (χ2n) is 7.06. The topological polar surface area (TPSA) is 97.3 Å². The van der Waals surface area contributed by atoms with E-state index in [0.717, 1.165) is 17.2 Å². The Morgan fingerprint density at radius 1 is 1.25 bits per heavy atom. The van der Waals surface area contributed by atoms with E-state index < -0.39 is 29.5 Å². The van der Waals surface area contributed by atoms with Gasteiger partial charge in [-0.05, 0) is 18.6 Å². The molecule has 8 nitrogen and oxygen atoms in total. The number of anilines is 1. The van der Waals surface area contributed by atoms with Crippen molar-refractivity contribution in [3.8, 4) is 17.0 Å². The van der Waals surface area contributed by atoms with Gasteiger partial charge in [0.2, 0.25) is 5.82 Å². The maximum absolute atomic E-state index is 14.0. The van der Waals surface area contributed by atoms with Crippen LogP contribution in [0.3, 0.4) is 0 Å². The van der Waals surface area contributed by atoms with Crippen LogP contribution in [-0.4, -0.2) is 46.5 Å². The molecule has 3 heterocycles. The van der Waals surface area contributed by atoms with Gasteiger partial charge in [0.05, 0.1) is 23.1 Å². The first-order valence-corrected chi connectivity index (χ1v) is 9.78. The highest BCUT2D eigenvalue weighted by atomic mass is 35.5. The molecular formula is C21H16ClF2N5O3. The molecule has 3 aromatic rings. The molecule has 4 rings (SSSR count). The summed E-state index contributed by atoms with van der Waals surface area (Å²) in [6.07, 6.45) is 2.18. The van der Waals surface area contributed by atoms with Gasteiger partial charge in [0.25, 0.3) is 11.8 Å². The smallest absolute Gasteiger partial charge is 0.289 e. The van der Waals surface area contributed by atoms with Crippen LogP contribution >= 0.6 is 11.6 Å². The molecule has 11 heteroatoms. The van der Waals surface area contributed by atoms with Crippen LogP contribution in [0.1, 0.15) is 16.2 Å². The van der Waals surface area contributed by atoms with Crippen molar-refractivity contribution in [1.82, 2.24) is 20.3 Å². The molecule has 0 aliphatic carbocycles. The average molecular weight is 460 g/mol. The Morgan fingerprint density at radius 3 is 2.78 bits per heavy atom. The molecule has 0 radical (unpaired) electrons. The van der Waals surface area contributed by atoms with Crippen LogP contribution in [0, 0.1) is 18.6 Å². The summed E-state index contributed by atoms with van der Waals surface area (Å²) >= 11 is 6.15. The quantitative estimate of drug-likeness (QED) is 0.647. The minimum Gasteiger partial charge on any atom is -0.487 e. The fourth-order valence-electron chi connectivity index (χ4n) is 3.10. The Labute approximate surface area is 186 Å². The summed E-state index contributed by atoms with van der Waals surface area (Å²) in [5.41, 5.74) is 0.980. The van der Waals surface area contributed by atoms with E-state index in [2.05, 4.69) is 20.3 Å². The fourth-order valence-corrected chi connectivity index (χ4v) is 3.30. The predicted octanol–water partition coefficient (Wildman–Crippen LogP) is 2.93. The SMILES string of the molecule is Cc1ccc(-c2nc(C(=O)N[C@H]3COc4cc(F)cnc4N(C)C3=O)ncc2Cl)cc1F. The van der Waals surface area contributed by atoms with Crippen LogP contribution in [-0.2, 0) is 4.79 Å². The van der Waals surface area contributed by atoms with Crippen molar-refractivity contribution in [2.24, 2.45) is 0 Å². The van der Waals surface area contributed by atoms with Gasteiger partial charge < -0.3 is 10.1 Å². The number of nitrogens with one attached hydrogen (secondary N) is 1. The second kappa shape index (κ2) is 8.46. The van der Waals surface area contributed by atoms with Gasteiger partial charge in [0.1, 0.15) is 24.3 Å². The van der Waals surface area contributed by atoms with Crippen molar-refractivity contribution in [3.63, 3.8) is 0 Å². The summed E-state index contributed by atoms with van der Waals surface area (Å²) in [6, 6.07) is 4.44. The summed E-state index contributed by atoms with van der Waals surface area (Å²) in [6.45, 7) is 1.36. The van der Waals surface area contributed by atoms with E-state index in [0.29, 0.717) is 11.1 Å². The third kappa shape index (κ3) is 4.09. The maximum atomic E-state index is 14.0. The number of ether oxygens (including phenoxy) is 1. The maximum Gasteiger partial charge on any atom is 0.289 e. The number of nitrogens with zero attached hydrogens (tertiary/aromatic N) is 4. The van der Waals surface area contributed by atoms with Gasteiger partial charge in [-0.15, -0.1) is 0 Å². The van der Waals surface area contributed by atoms with Gasteiger partial charge >= 0.3 is 0 Å². The van der Waals surface area contributed by atoms with Crippen molar-refractivity contribution in [2.75, 3.05) is 18.6 Å². The lowest BCUT2D eigenvalue weighted by Crippen LogP contribution is -2.49. The Bertz CT molecular complexity index is 1240. The van der Waals surface area contributed by atoms with Gasteiger partial charge in [-0.1, -0.05) is 23.7 Å². The number of carbonyl (C=O) groups excluding carboxylic acids is 2. The average Bonchev–Trinajstić information content (AvgIpc) is 2.88. The normalized spacial score (nSPS) is 15.6. The van der Waals surface area contributed by atoms with E-state index in [1.807, 2.05) is 0 Å². The number of benzene rings is 1. The van der Waals surface area contributed by atoms with E-state index in [1.54, 1.807) is 19.1 Å². The minimum atomic E-state index is -1.11. The number of aryl methyl sites for hydroxylation is 1. The van der Waals surface area contributed by atoms with E-state index in [1.165, 1.54) is 19.3 Å². The lowest BCUT2D eigenvalue weighted by Gasteiger charge is -2.19. The van der Waals surface area contributed by atoms with Crippen molar-refractivity contribution < 1.29 is 23.1 Å². The molecule has 1 N–H and O–H groups in total. The molecule has 2 aromatic heterocycles. The number of hydrogen-bond donors (Lipinski definition) is 1. The third-order valence-electron chi connectivity index (χ3n) is 4.85. The molecule has 1 aromatic carbocycles. The summed E-state index contributed by atoms with van der Waals surface area (Å²) in [4.78, 5) is 38.6. The highest BCUT2D eigenvalue weighted by molar-refractivity contribution is 6.33. The number of rotatable bonds is 3. The van der Waals surface area contributed by atoms with Crippen molar-refractivity contribution in [2.45, 2.75) is 13.0 Å². The number of pyridine rings is 1. The molecular weight excluding hydrogens is 444 g/mol. The second-order valence-corrected chi connectivity index (χ2v) is 7.47. The Morgan fingerprint density at radius 2 is 2.03 bits per heavy atom. The lowest BCUT2D eigenvalue weighted by molar-refractivity contribution is -0.120. The zero-order valence-corrected chi connectivity index (χ0v) is 17.7. The molecule has 1 aliphatic heterocycles. The molecule has 0 saturated heterocycles. The molecule has 0 unspecified atom stereocenters. The number of fused-ring (bicyclic) bond motifs is 1. The molecule has 0 fully saturated rings. The summed E-state index contributed by atoms with van der Waals surface area (Å²) in [5.74, 6) is -2.43. The van der Waals surface area contributed by atoms with Crippen molar-refractivity contribution in [1.29, 1.82) is 0 Å². The molecule has 0 spiro atoms. The number of aromatic nitrogens is 3. The summed E-state index contributed by atoms with van der Waals surface area (Å²) in [7, 11) is 1.43. The zero-order chi connectivity index (χ0) is 23.0. The van der Waals surface area contributed by atoms with Gasteiger partial charge in [-0.25, -0.2) is 23.7 Å². The zero-order valence-electron chi connectivity index (χ0n) is 16.9. The Balaban J connectivity index is 1.58. The molecule has 164 valence electrons. The van der Waals surface area contributed by atoms with Crippen molar-refractivity contribution >= 4 is 29.2 Å². The minimum absolute atomic E-state index is 0.0732. The first-order valence-electron chi connectivity index (χ1n) is 9.40. The van der Waals surface area contributed by atoms with E-state index in [9.17, 15) is 18.4 Å². The molecule has 2 amide bonds. The molecule has 1 aliphatic rings. The number of amides is 2. The van der Waals surface area contributed by atoms with Crippen LogP contribution in [0.2, 0.25) is 5.02 Å². The van der Waals surface area contributed by atoms with Crippen molar-refractivity contribution in [3.05, 3.63) is 64.7 Å². The van der Waals surface area contributed by atoms with Crippen LogP contribution < -0.4 is 15.0 Å². The summed E-state index contributed by atoms with van der Waals surface area (Å²) < 4.78 is 32.9. The van der Waals surface area contributed by atoms with Gasteiger partial charge in [0.15, 0.2) is 11.6 Å². The lowest BCUT2D eigenvalue weighted by atomic mass is 10.1. The standard InChI is InChI=1S/C21H16ClF2N5O3/c1-10-3-4-11(5-14(10)24)17-13(22)8-25-18(28-17)20(30)27-15-9-32-16-6-12(23)7-26-19(16)29(2)21(15)31/h3-8,15H,9H2,1-2H3,(H,27,30)/t15-/m0/s1. The van der Waals surface area contributed by atoms with E-state index in [4.69, 9.17) is 16.3 Å². The predicted molar refractivity (Wildman–Crippen MR) is 112 cm³/mol. The summed E-state index contributed by atoms with van der Waals surface area (Å²) in [5, 5.41) is 2.63. The Kier molecular flexibility index (Phi) is 5.70. The molecule has 0 saturated carbocycles. The molecule has 1 atom stereocenters. The largest absolute Gasteiger partial charge is 0.487 e. The first kappa shape index (κ1) is 21.6. The highest BCUT2D eigenvalue weighted by Gasteiger charge is 2.32.